The van der Waals surface area contributed by atoms with Crippen LogP contribution in [0.1, 0.15) is 62.3 Å². The standard InChI is InChI=1S/2C14H15N2.Ir/c2*1-10(2)13-9-15-14(11(3)16-13)12-7-5-4-6-8-12;/h2*4-8,10H,1-3H3;/q2*-1;. The topological polar surface area (TPSA) is 51.6 Å². The molecule has 4 nitrogen and oxygen atoms in total. The summed E-state index contributed by atoms with van der Waals surface area (Å²) in [6, 6.07) is 20.2. The quantitative estimate of drug-likeness (QED) is 0.239. The Labute approximate surface area is 211 Å². The van der Waals surface area contributed by atoms with Gasteiger partial charge in [-0.2, -0.15) is 0 Å². The maximum Gasteiger partial charge on any atom is 0 e. The predicted molar refractivity (Wildman–Crippen MR) is 130 cm³/mol. The van der Waals surface area contributed by atoms with Crippen molar-refractivity contribution in [2.45, 2.75) is 53.4 Å². The summed E-state index contributed by atoms with van der Waals surface area (Å²) in [4.78, 5) is 17.8. The Morgan fingerprint density at radius 3 is 1.18 bits per heavy atom. The summed E-state index contributed by atoms with van der Waals surface area (Å²) in [5.41, 5.74) is 7.82. The van der Waals surface area contributed by atoms with Crippen LogP contribution < -0.4 is 0 Å². The second kappa shape index (κ2) is 12.5. The third-order valence-electron chi connectivity index (χ3n) is 5.01. The van der Waals surface area contributed by atoms with Crippen molar-refractivity contribution in [1.82, 2.24) is 19.9 Å². The minimum absolute atomic E-state index is 0. The molecular formula is C28H30IrN4-2. The third-order valence-corrected chi connectivity index (χ3v) is 5.01. The van der Waals surface area contributed by atoms with Gasteiger partial charge >= 0.3 is 0 Å². The average molecular weight is 615 g/mol. The van der Waals surface area contributed by atoms with Gasteiger partial charge in [-0.3, -0.25) is 9.97 Å². The Bertz CT molecular complexity index is 1050. The molecule has 0 aliphatic rings. The number of aromatic nitrogens is 4. The first-order valence-corrected chi connectivity index (χ1v) is 11.0. The van der Waals surface area contributed by atoms with E-state index in [9.17, 15) is 0 Å². The molecular weight excluding hydrogens is 585 g/mol. The third kappa shape index (κ3) is 7.11. The molecule has 0 saturated heterocycles. The summed E-state index contributed by atoms with van der Waals surface area (Å²) in [7, 11) is 0. The van der Waals surface area contributed by atoms with Gasteiger partial charge in [-0.25, -0.2) is 0 Å². The van der Waals surface area contributed by atoms with E-state index >= 15 is 0 Å². The van der Waals surface area contributed by atoms with Crippen LogP contribution >= 0.6 is 0 Å². The van der Waals surface area contributed by atoms with Gasteiger partial charge in [0, 0.05) is 20.1 Å². The molecule has 1 radical (unpaired) electrons. The molecule has 0 amide bonds. The van der Waals surface area contributed by atoms with Gasteiger partial charge in [0.15, 0.2) is 0 Å². The van der Waals surface area contributed by atoms with Gasteiger partial charge in [0.05, 0.1) is 0 Å². The van der Waals surface area contributed by atoms with Crippen LogP contribution in [0.4, 0.5) is 0 Å². The van der Waals surface area contributed by atoms with E-state index in [4.69, 9.17) is 0 Å². The summed E-state index contributed by atoms with van der Waals surface area (Å²) in [5.74, 6) is 0.743. The summed E-state index contributed by atoms with van der Waals surface area (Å²) in [5, 5.41) is 0. The van der Waals surface area contributed by atoms with Crippen LogP contribution in [0.15, 0.2) is 60.7 Å². The number of hydrogen-bond acceptors (Lipinski definition) is 4. The van der Waals surface area contributed by atoms with Gasteiger partial charge in [0.25, 0.3) is 0 Å². The van der Waals surface area contributed by atoms with Crippen molar-refractivity contribution in [3.05, 3.63) is 95.8 Å². The molecule has 0 fully saturated rings. The predicted octanol–water partition coefficient (Wildman–Crippen LogP) is 6.75. The molecule has 0 N–H and O–H groups in total. The molecule has 0 spiro atoms. The van der Waals surface area contributed by atoms with Crippen LogP contribution in [-0.2, 0) is 20.1 Å². The Kier molecular flexibility index (Phi) is 10.0. The fourth-order valence-corrected chi connectivity index (χ4v) is 3.16. The maximum absolute atomic E-state index is 4.53. The van der Waals surface area contributed by atoms with Crippen LogP contribution in [0.3, 0.4) is 0 Å². The number of nitrogens with zero attached hydrogens (tertiary/aromatic N) is 4. The summed E-state index contributed by atoms with van der Waals surface area (Å²) < 4.78 is 0. The van der Waals surface area contributed by atoms with Crippen molar-refractivity contribution >= 4 is 0 Å². The molecule has 2 aromatic heterocycles. The van der Waals surface area contributed by atoms with E-state index in [0.717, 1.165) is 45.3 Å². The Morgan fingerprint density at radius 2 is 0.909 bits per heavy atom. The van der Waals surface area contributed by atoms with Crippen molar-refractivity contribution in [2.75, 3.05) is 0 Å². The molecule has 173 valence electrons. The monoisotopic (exact) mass is 615 g/mol. The molecule has 0 bridgehead atoms. The minimum atomic E-state index is 0. The largest absolute Gasteiger partial charge is 0.448 e. The van der Waals surface area contributed by atoms with Gasteiger partial charge in [0.2, 0.25) is 0 Å². The van der Waals surface area contributed by atoms with Gasteiger partial charge in [-0.1, -0.05) is 111 Å². The van der Waals surface area contributed by atoms with Gasteiger partial charge in [-0.15, -0.1) is 12.4 Å². The first-order valence-electron chi connectivity index (χ1n) is 11.0. The van der Waals surface area contributed by atoms with E-state index in [0.29, 0.717) is 11.8 Å². The maximum atomic E-state index is 4.53. The molecule has 0 saturated carbocycles. The normalized spacial score (nSPS) is 10.4. The molecule has 4 rings (SSSR count). The number of hydrogen-bond donors (Lipinski definition) is 0. The first kappa shape index (κ1) is 26.5. The van der Waals surface area contributed by atoms with E-state index in [1.165, 1.54) is 0 Å². The van der Waals surface area contributed by atoms with Gasteiger partial charge in [-0.05, 0) is 48.5 Å². The zero-order chi connectivity index (χ0) is 23.1. The minimum Gasteiger partial charge on any atom is -0.448 e. The molecule has 0 atom stereocenters. The Hall–Kier alpha value is -2.75. The number of benzene rings is 2. The molecule has 0 unspecified atom stereocenters. The van der Waals surface area contributed by atoms with Crippen LogP contribution in [0, 0.1) is 26.2 Å². The molecule has 5 heteroatoms. The summed E-state index contributed by atoms with van der Waals surface area (Å²) in [6.45, 7) is 12.4. The van der Waals surface area contributed by atoms with E-state index in [2.05, 4.69) is 60.0 Å². The zero-order valence-electron chi connectivity index (χ0n) is 20.1. The summed E-state index contributed by atoms with van der Waals surface area (Å²) >= 11 is 0. The van der Waals surface area contributed by atoms with Crippen LogP contribution in [0.5, 0.6) is 0 Å². The second-order valence-electron chi connectivity index (χ2n) is 8.35. The molecule has 4 aromatic rings. The molecule has 33 heavy (non-hydrogen) atoms. The van der Waals surface area contributed by atoms with Crippen LogP contribution in [-0.4, -0.2) is 19.9 Å². The fourth-order valence-electron chi connectivity index (χ4n) is 3.16. The van der Waals surface area contributed by atoms with Crippen molar-refractivity contribution in [3.8, 4) is 22.5 Å². The fraction of sp³-hybridized carbons (Fsp3) is 0.286. The van der Waals surface area contributed by atoms with Crippen molar-refractivity contribution in [2.24, 2.45) is 0 Å². The van der Waals surface area contributed by atoms with Crippen molar-refractivity contribution < 1.29 is 20.1 Å². The van der Waals surface area contributed by atoms with E-state index in [-0.39, 0.29) is 20.1 Å². The zero-order valence-corrected chi connectivity index (χ0v) is 22.4. The summed E-state index contributed by atoms with van der Waals surface area (Å²) in [6.07, 6.45) is 6.03. The van der Waals surface area contributed by atoms with Crippen molar-refractivity contribution in [3.63, 3.8) is 0 Å². The SMILES string of the molecule is Cc1nc(C(C)C)[c-]nc1-c1ccccc1.Cc1nc(C(C)C)[c-]nc1-c1ccccc1.[Ir]. The first-order chi connectivity index (χ1) is 15.4. The van der Waals surface area contributed by atoms with Crippen LogP contribution in [0.2, 0.25) is 0 Å². The van der Waals surface area contributed by atoms with E-state index in [1.54, 1.807) is 0 Å². The molecule has 2 aromatic carbocycles. The van der Waals surface area contributed by atoms with Gasteiger partial charge < -0.3 is 9.97 Å². The number of aryl methyl sites for hydroxylation is 2. The Morgan fingerprint density at radius 1 is 0.576 bits per heavy atom. The van der Waals surface area contributed by atoms with Crippen LogP contribution in [0.25, 0.3) is 22.5 Å². The van der Waals surface area contributed by atoms with Gasteiger partial charge in [0.1, 0.15) is 0 Å². The Balaban J connectivity index is 0.000000227. The molecule has 0 aliphatic carbocycles. The van der Waals surface area contributed by atoms with E-state index in [1.807, 2.05) is 74.5 Å². The molecule has 0 aliphatic heterocycles. The molecule has 2 heterocycles. The average Bonchev–Trinajstić information content (AvgIpc) is 2.80. The number of rotatable bonds is 4. The van der Waals surface area contributed by atoms with Crippen molar-refractivity contribution in [1.29, 1.82) is 0 Å². The van der Waals surface area contributed by atoms with E-state index < -0.39 is 0 Å². The smallest absolute Gasteiger partial charge is 0 e. The second-order valence-corrected chi connectivity index (χ2v) is 8.35.